The molecule has 0 N–H and O–H groups in total. The normalized spacial score (nSPS) is 31.5. The minimum atomic E-state index is -0.627. The first-order valence-corrected chi connectivity index (χ1v) is 18.6. The smallest absolute Gasteiger partial charge is 0.187 e. The first kappa shape index (κ1) is 33.8. The highest BCUT2D eigenvalue weighted by Crippen LogP contribution is 2.58. The first-order chi connectivity index (χ1) is 24.7. The fourth-order valence-electron chi connectivity index (χ4n) is 9.26. The van der Waals surface area contributed by atoms with Crippen LogP contribution in [0.3, 0.4) is 0 Å². The van der Waals surface area contributed by atoms with Crippen LogP contribution in [-0.2, 0) is 54.8 Å². The number of benzene rings is 4. The lowest BCUT2D eigenvalue weighted by atomic mass is 9.54. The van der Waals surface area contributed by atoms with E-state index < -0.39 is 30.7 Å². The van der Waals surface area contributed by atoms with Crippen LogP contribution < -0.4 is 0 Å². The van der Waals surface area contributed by atoms with Crippen molar-refractivity contribution in [2.75, 3.05) is 6.61 Å². The Bertz CT molecular complexity index is 1560. The Morgan fingerprint density at radius 1 is 0.480 bits per heavy atom. The zero-order chi connectivity index (χ0) is 33.6. The second kappa shape index (κ2) is 15.9. The monoisotopic (exact) mass is 674 g/mol. The molecule has 6 nitrogen and oxygen atoms in total. The molecule has 1 aliphatic heterocycles. The molecule has 1 unspecified atom stereocenters. The highest BCUT2D eigenvalue weighted by molar-refractivity contribution is 5.17. The number of rotatable bonds is 15. The van der Waals surface area contributed by atoms with E-state index in [0.717, 1.165) is 59.3 Å². The van der Waals surface area contributed by atoms with Crippen molar-refractivity contribution in [1.29, 1.82) is 0 Å². The van der Waals surface area contributed by atoms with Crippen molar-refractivity contribution in [3.63, 3.8) is 0 Å². The van der Waals surface area contributed by atoms with Gasteiger partial charge in [0.2, 0.25) is 0 Å². The first-order valence-electron chi connectivity index (χ1n) is 18.6. The maximum absolute atomic E-state index is 7.34. The Morgan fingerprint density at radius 3 is 1.34 bits per heavy atom. The minimum absolute atomic E-state index is 0.190. The third-order valence-corrected chi connectivity index (χ3v) is 11.2. The SMILES string of the molecule is c1ccc(COC[C@H]2OC(OC34CC5CC(CC(C5)C3)C4)[C@H](OCc3ccccc3)[C@@H](OCc3ccccc3)[C@@H]2OCc2ccccc2)cc1. The molecular formula is C44H50O6. The van der Waals surface area contributed by atoms with Crippen molar-refractivity contribution in [3.05, 3.63) is 144 Å². The molecule has 9 rings (SSSR count). The van der Waals surface area contributed by atoms with Gasteiger partial charge in [-0.05, 0) is 78.5 Å². The standard InChI is InChI=1S/C44H50O6/c1-5-13-32(14-6-1)27-45-31-39-40(46-28-33-15-7-2-8-16-33)41(47-29-34-17-9-3-10-18-34)42(48-30-35-19-11-4-12-20-35)43(49-39)50-44-24-36-21-37(25-44)23-38(22-36)26-44/h1-20,36-43H,21-31H2/t36?,37?,38?,39-,40-,41+,42-,43?,44?/m1/s1. The van der Waals surface area contributed by atoms with Gasteiger partial charge in [-0.3, -0.25) is 0 Å². The number of hydrogen-bond acceptors (Lipinski definition) is 6. The summed E-state index contributed by atoms with van der Waals surface area (Å²) in [6.45, 7) is 2.08. The van der Waals surface area contributed by atoms with E-state index in [-0.39, 0.29) is 5.60 Å². The summed E-state index contributed by atoms with van der Waals surface area (Å²) in [4.78, 5) is 0. The molecule has 4 aromatic rings. The van der Waals surface area contributed by atoms with Crippen molar-refractivity contribution in [1.82, 2.24) is 0 Å². The largest absolute Gasteiger partial charge is 0.374 e. The van der Waals surface area contributed by atoms with E-state index in [9.17, 15) is 0 Å². The molecule has 4 saturated carbocycles. The maximum atomic E-state index is 7.34. The Balaban J connectivity index is 1.11. The fraction of sp³-hybridized carbons (Fsp3) is 0.455. The average Bonchev–Trinajstić information content (AvgIpc) is 3.14. The summed E-state index contributed by atoms with van der Waals surface area (Å²) in [5.41, 5.74) is 4.21. The lowest BCUT2D eigenvalue weighted by Gasteiger charge is -2.58. The minimum Gasteiger partial charge on any atom is -0.374 e. The van der Waals surface area contributed by atoms with Crippen LogP contribution in [0.15, 0.2) is 121 Å². The van der Waals surface area contributed by atoms with Gasteiger partial charge in [-0.2, -0.15) is 0 Å². The van der Waals surface area contributed by atoms with Gasteiger partial charge in [0, 0.05) is 0 Å². The molecule has 0 amide bonds. The predicted molar refractivity (Wildman–Crippen MR) is 192 cm³/mol. The van der Waals surface area contributed by atoms with E-state index in [2.05, 4.69) is 72.8 Å². The van der Waals surface area contributed by atoms with Crippen molar-refractivity contribution in [2.45, 2.75) is 101 Å². The van der Waals surface area contributed by atoms with Gasteiger partial charge in [0.25, 0.3) is 0 Å². The lowest BCUT2D eigenvalue weighted by molar-refractivity contribution is -0.360. The van der Waals surface area contributed by atoms with Gasteiger partial charge in [0.05, 0.1) is 38.6 Å². The van der Waals surface area contributed by atoms with Gasteiger partial charge in [-0.1, -0.05) is 121 Å². The van der Waals surface area contributed by atoms with Crippen molar-refractivity contribution >= 4 is 0 Å². The van der Waals surface area contributed by atoms with E-state index in [1.165, 1.54) is 19.3 Å². The molecule has 1 heterocycles. The molecule has 4 aromatic carbocycles. The lowest BCUT2D eigenvalue weighted by Crippen LogP contribution is -2.64. The Labute approximate surface area is 297 Å². The highest BCUT2D eigenvalue weighted by Gasteiger charge is 2.56. The average molecular weight is 675 g/mol. The summed E-state index contributed by atoms with van der Waals surface area (Å²) in [6, 6.07) is 41.2. The third kappa shape index (κ3) is 8.23. The topological polar surface area (TPSA) is 55.4 Å². The predicted octanol–water partition coefficient (Wildman–Crippen LogP) is 8.67. The molecule has 4 bridgehead atoms. The molecule has 5 fully saturated rings. The van der Waals surface area contributed by atoms with Crippen LogP contribution in [0.4, 0.5) is 0 Å². The van der Waals surface area contributed by atoms with Gasteiger partial charge in [0.1, 0.15) is 24.4 Å². The van der Waals surface area contributed by atoms with Crippen LogP contribution in [-0.4, -0.2) is 42.9 Å². The zero-order valence-corrected chi connectivity index (χ0v) is 28.9. The highest BCUT2D eigenvalue weighted by atomic mass is 16.7. The molecule has 6 heteroatoms. The molecule has 4 aliphatic carbocycles. The van der Waals surface area contributed by atoms with E-state index in [4.69, 9.17) is 28.4 Å². The van der Waals surface area contributed by atoms with Crippen molar-refractivity contribution in [2.24, 2.45) is 17.8 Å². The quantitative estimate of drug-likeness (QED) is 0.126. The second-order valence-electron chi connectivity index (χ2n) is 15.0. The van der Waals surface area contributed by atoms with E-state index >= 15 is 0 Å². The summed E-state index contributed by atoms with van der Waals surface area (Å²) in [5, 5.41) is 0. The van der Waals surface area contributed by atoms with Crippen LogP contribution >= 0.6 is 0 Å². The van der Waals surface area contributed by atoms with Crippen LogP contribution in [0.1, 0.15) is 60.8 Å². The molecule has 0 aromatic heterocycles. The Kier molecular flexibility index (Phi) is 10.7. The summed E-state index contributed by atoms with van der Waals surface area (Å²) in [6.07, 6.45) is 4.82. The maximum Gasteiger partial charge on any atom is 0.187 e. The van der Waals surface area contributed by atoms with Gasteiger partial charge >= 0.3 is 0 Å². The van der Waals surface area contributed by atoms with E-state index in [1.54, 1.807) is 0 Å². The molecule has 1 saturated heterocycles. The molecule has 5 aliphatic rings. The molecule has 5 atom stereocenters. The van der Waals surface area contributed by atoms with Crippen LogP contribution in [0.5, 0.6) is 0 Å². The van der Waals surface area contributed by atoms with E-state index in [1.807, 2.05) is 48.5 Å². The van der Waals surface area contributed by atoms with Gasteiger partial charge < -0.3 is 28.4 Å². The third-order valence-electron chi connectivity index (χ3n) is 11.2. The molecule has 50 heavy (non-hydrogen) atoms. The Morgan fingerprint density at radius 2 is 0.880 bits per heavy atom. The van der Waals surface area contributed by atoms with Crippen molar-refractivity contribution < 1.29 is 28.4 Å². The molecule has 0 spiro atoms. The van der Waals surface area contributed by atoms with Crippen LogP contribution in [0, 0.1) is 17.8 Å². The summed E-state index contributed by atoms with van der Waals surface area (Å²) in [5.74, 6) is 2.22. The number of hydrogen-bond donors (Lipinski definition) is 0. The summed E-state index contributed by atoms with van der Waals surface area (Å²) >= 11 is 0. The summed E-state index contributed by atoms with van der Waals surface area (Å²) in [7, 11) is 0. The molecular weight excluding hydrogens is 624 g/mol. The van der Waals surface area contributed by atoms with Gasteiger partial charge in [-0.25, -0.2) is 0 Å². The van der Waals surface area contributed by atoms with Crippen LogP contribution in [0.25, 0.3) is 0 Å². The zero-order valence-electron chi connectivity index (χ0n) is 28.9. The van der Waals surface area contributed by atoms with Crippen molar-refractivity contribution in [3.8, 4) is 0 Å². The van der Waals surface area contributed by atoms with Crippen LogP contribution in [0.2, 0.25) is 0 Å². The van der Waals surface area contributed by atoms with Gasteiger partial charge in [0.15, 0.2) is 6.29 Å². The van der Waals surface area contributed by atoms with Gasteiger partial charge in [-0.15, -0.1) is 0 Å². The molecule has 0 radical (unpaired) electrons. The molecule has 262 valence electrons. The summed E-state index contributed by atoms with van der Waals surface area (Å²) < 4.78 is 41.5. The van der Waals surface area contributed by atoms with E-state index in [0.29, 0.717) is 33.0 Å². The second-order valence-corrected chi connectivity index (χ2v) is 15.0. The fourth-order valence-corrected chi connectivity index (χ4v) is 9.26. The number of ether oxygens (including phenoxy) is 6. The Hall–Kier alpha value is -3.36.